The molecule has 2 heterocycles. The highest BCUT2D eigenvalue weighted by Gasteiger charge is 2.20. The predicted molar refractivity (Wildman–Crippen MR) is 87.4 cm³/mol. The van der Waals surface area contributed by atoms with Crippen LogP contribution in [0, 0.1) is 0 Å². The van der Waals surface area contributed by atoms with Crippen molar-refractivity contribution in [3.8, 4) is 23.0 Å². The molecule has 0 fully saturated rings. The number of ether oxygens (including phenoxy) is 2. The van der Waals surface area contributed by atoms with Gasteiger partial charge in [0, 0.05) is 27.4 Å². The normalized spacial score (nSPS) is 12.6. The molecule has 3 aromatic carbocycles. The molecule has 0 radical (unpaired) electrons. The molecule has 0 aliphatic carbocycles. The van der Waals surface area contributed by atoms with Gasteiger partial charge in [-0.3, -0.25) is 0 Å². The average molecular weight is 308 g/mol. The monoisotopic (exact) mass is 307 g/mol. The van der Waals surface area contributed by atoms with E-state index in [1.807, 2.05) is 54.6 Å². The Hall–Kier alpha value is -2.65. The first-order valence-corrected chi connectivity index (χ1v) is 7.35. The molecule has 3 nitrogen and oxygen atoms in total. The van der Waals surface area contributed by atoms with Crippen LogP contribution in [0.25, 0.3) is 21.8 Å². The van der Waals surface area contributed by atoms with Gasteiger partial charge in [0.15, 0.2) is 23.0 Å². The summed E-state index contributed by atoms with van der Waals surface area (Å²) in [7, 11) is 0. The van der Waals surface area contributed by atoms with Crippen molar-refractivity contribution >= 4 is 33.4 Å². The van der Waals surface area contributed by atoms with E-state index in [2.05, 4.69) is 4.98 Å². The van der Waals surface area contributed by atoms with Gasteiger partial charge in [0.1, 0.15) is 0 Å². The van der Waals surface area contributed by atoms with E-state index in [-0.39, 0.29) is 0 Å². The number of hydrogen-bond donors (Lipinski definition) is 1. The lowest BCUT2D eigenvalue weighted by Crippen LogP contribution is -1.98. The van der Waals surface area contributed by atoms with E-state index in [4.69, 9.17) is 21.1 Å². The average Bonchev–Trinajstić information content (AvgIpc) is 2.87. The van der Waals surface area contributed by atoms with Crippen LogP contribution in [0.3, 0.4) is 0 Å². The minimum Gasteiger partial charge on any atom is -0.449 e. The predicted octanol–water partition coefficient (Wildman–Crippen LogP) is 5.87. The Morgan fingerprint density at radius 1 is 0.682 bits per heavy atom. The van der Waals surface area contributed by atoms with Gasteiger partial charge in [0.05, 0.1) is 5.52 Å². The fraction of sp³-hybridized carbons (Fsp3) is 0. The molecule has 106 valence electrons. The van der Waals surface area contributed by atoms with E-state index >= 15 is 0 Å². The number of para-hydroxylation sites is 2. The van der Waals surface area contributed by atoms with Crippen LogP contribution in [0.2, 0.25) is 5.02 Å². The fourth-order valence-corrected chi connectivity index (χ4v) is 3.07. The molecule has 1 N–H and O–H groups in total. The SMILES string of the molecule is Clc1ccc2[nH]c3cc4c(cc3c2c1)Oc1ccccc1O4. The highest BCUT2D eigenvalue weighted by Crippen LogP contribution is 2.47. The van der Waals surface area contributed by atoms with Crippen molar-refractivity contribution < 1.29 is 9.47 Å². The Labute approximate surface area is 131 Å². The van der Waals surface area contributed by atoms with E-state index in [0.717, 1.165) is 33.3 Å². The smallest absolute Gasteiger partial charge is 0.172 e. The van der Waals surface area contributed by atoms with Crippen molar-refractivity contribution in [1.82, 2.24) is 4.98 Å². The van der Waals surface area contributed by atoms with E-state index < -0.39 is 0 Å². The third-order valence-electron chi connectivity index (χ3n) is 3.91. The van der Waals surface area contributed by atoms with Crippen molar-refractivity contribution in [3.05, 3.63) is 59.6 Å². The molecule has 1 aliphatic heterocycles. The molecule has 0 amide bonds. The second-order valence-electron chi connectivity index (χ2n) is 5.31. The quantitative estimate of drug-likeness (QED) is 0.388. The Morgan fingerprint density at radius 3 is 2.14 bits per heavy atom. The number of aromatic amines is 1. The van der Waals surface area contributed by atoms with E-state index in [1.54, 1.807) is 0 Å². The van der Waals surface area contributed by atoms with Crippen molar-refractivity contribution in [2.24, 2.45) is 0 Å². The minimum absolute atomic E-state index is 0.712. The fourth-order valence-electron chi connectivity index (χ4n) is 2.89. The molecule has 4 heteroatoms. The summed E-state index contributed by atoms with van der Waals surface area (Å²) in [6.07, 6.45) is 0. The molecule has 1 aromatic heterocycles. The van der Waals surface area contributed by atoms with Gasteiger partial charge in [-0.15, -0.1) is 0 Å². The second-order valence-corrected chi connectivity index (χ2v) is 5.75. The molecular weight excluding hydrogens is 298 g/mol. The molecule has 1 aliphatic rings. The molecule has 5 rings (SSSR count). The van der Waals surface area contributed by atoms with Crippen LogP contribution < -0.4 is 9.47 Å². The third-order valence-corrected chi connectivity index (χ3v) is 4.15. The maximum absolute atomic E-state index is 6.12. The van der Waals surface area contributed by atoms with E-state index in [9.17, 15) is 0 Å². The van der Waals surface area contributed by atoms with Gasteiger partial charge in [0.25, 0.3) is 0 Å². The molecule has 0 spiro atoms. The molecule has 0 unspecified atom stereocenters. The summed E-state index contributed by atoms with van der Waals surface area (Å²) in [5, 5.41) is 2.86. The van der Waals surface area contributed by atoms with Gasteiger partial charge in [-0.25, -0.2) is 0 Å². The third kappa shape index (κ3) is 1.63. The molecule has 0 bridgehead atoms. The van der Waals surface area contributed by atoms with Crippen LogP contribution in [-0.4, -0.2) is 4.98 Å². The molecule has 0 atom stereocenters. The van der Waals surface area contributed by atoms with E-state index in [1.165, 1.54) is 0 Å². The van der Waals surface area contributed by atoms with E-state index in [0.29, 0.717) is 16.5 Å². The van der Waals surface area contributed by atoms with Gasteiger partial charge in [-0.05, 0) is 36.4 Å². The van der Waals surface area contributed by atoms with Gasteiger partial charge in [-0.2, -0.15) is 0 Å². The van der Waals surface area contributed by atoms with Gasteiger partial charge >= 0.3 is 0 Å². The first kappa shape index (κ1) is 12.0. The maximum Gasteiger partial charge on any atom is 0.172 e. The van der Waals surface area contributed by atoms with Crippen LogP contribution in [-0.2, 0) is 0 Å². The van der Waals surface area contributed by atoms with Crippen LogP contribution in [0.4, 0.5) is 0 Å². The highest BCUT2D eigenvalue weighted by atomic mass is 35.5. The van der Waals surface area contributed by atoms with Crippen molar-refractivity contribution in [2.75, 3.05) is 0 Å². The van der Waals surface area contributed by atoms with Crippen molar-refractivity contribution in [1.29, 1.82) is 0 Å². The van der Waals surface area contributed by atoms with Crippen LogP contribution in [0.1, 0.15) is 0 Å². The summed E-state index contributed by atoms with van der Waals surface area (Å²) in [4.78, 5) is 3.39. The molecule has 4 aromatic rings. The Kier molecular flexibility index (Phi) is 2.27. The zero-order valence-electron chi connectivity index (χ0n) is 11.4. The Bertz CT molecular complexity index is 1050. The lowest BCUT2D eigenvalue weighted by Gasteiger charge is -2.20. The number of aromatic nitrogens is 1. The first-order chi connectivity index (χ1) is 10.8. The molecule has 0 saturated heterocycles. The second kappa shape index (κ2) is 4.18. The number of H-pyrrole nitrogens is 1. The van der Waals surface area contributed by atoms with Gasteiger partial charge < -0.3 is 14.5 Å². The largest absolute Gasteiger partial charge is 0.449 e. The topological polar surface area (TPSA) is 34.2 Å². The van der Waals surface area contributed by atoms with Gasteiger partial charge in [-0.1, -0.05) is 23.7 Å². The van der Waals surface area contributed by atoms with Crippen molar-refractivity contribution in [2.45, 2.75) is 0 Å². The minimum atomic E-state index is 0.712. The number of fused-ring (bicyclic) bond motifs is 5. The van der Waals surface area contributed by atoms with Crippen LogP contribution in [0.5, 0.6) is 23.0 Å². The summed E-state index contributed by atoms with van der Waals surface area (Å²) < 4.78 is 11.9. The summed E-state index contributed by atoms with van der Waals surface area (Å²) in [5.74, 6) is 2.89. The van der Waals surface area contributed by atoms with Crippen molar-refractivity contribution in [3.63, 3.8) is 0 Å². The zero-order valence-corrected chi connectivity index (χ0v) is 12.1. The van der Waals surface area contributed by atoms with Crippen LogP contribution in [0.15, 0.2) is 54.6 Å². The van der Waals surface area contributed by atoms with Gasteiger partial charge in [0.2, 0.25) is 0 Å². The molecule has 0 saturated carbocycles. The number of nitrogens with one attached hydrogen (secondary N) is 1. The Morgan fingerprint density at radius 2 is 1.36 bits per heavy atom. The summed E-state index contributed by atoms with van der Waals surface area (Å²) in [6.45, 7) is 0. The number of rotatable bonds is 0. The van der Waals surface area contributed by atoms with Crippen LogP contribution >= 0.6 is 11.6 Å². The zero-order chi connectivity index (χ0) is 14.7. The number of halogens is 1. The lowest BCUT2D eigenvalue weighted by molar-refractivity contribution is 0.360. The number of hydrogen-bond acceptors (Lipinski definition) is 2. The lowest BCUT2D eigenvalue weighted by atomic mass is 10.1. The molecule has 22 heavy (non-hydrogen) atoms. The number of benzene rings is 3. The standard InChI is InChI=1S/C18H10ClNO2/c19-10-5-6-13-11(7-10)12-8-17-18(9-14(12)20-13)22-16-4-2-1-3-15(16)21-17/h1-9,20H. The summed E-state index contributed by atoms with van der Waals surface area (Å²) in [5.41, 5.74) is 2.04. The molecular formula is C18H10ClNO2. The summed E-state index contributed by atoms with van der Waals surface area (Å²) in [6, 6.07) is 17.4. The summed E-state index contributed by atoms with van der Waals surface area (Å²) >= 11 is 6.12. The maximum atomic E-state index is 6.12. The first-order valence-electron chi connectivity index (χ1n) is 6.98. The Balaban J connectivity index is 1.78. The highest BCUT2D eigenvalue weighted by molar-refractivity contribution is 6.31.